The highest BCUT2D eigenvalue weighted by molar-refractivity contribution is 5.59. The van der Waals surface area contributed by atoms with Crippen molar-refractivity contribution < 1.29 is 17.9 Å². The predicted octanol–water partition coefficient (Wildman–Crippen LogP) is 2.37. The highest BCUT2D eigenvalue weighted by Crippen LogP contribution is 2.35. The van der Waals surface area contributed by atoms with Crippen LogP contribution in [0.4, 0.5) is 18.9 Å². The van der Waals surface area contributed by atoms with Crippen molar-refractivity contribution in [1.29, 1.82) is 0 Å². The summed E-state index contributed by atoms with van der Waals surface area (Å²) in [6, 6.07) is 6.20. The number of rotatable bonds is 3. The van der Waals surface area contributed by atoms with Crippen LogP contribution in [-0.2, 0) is 0 Å². The summed E-state index contributed by atoms with van der Waals surface area (Å²) in [7, 11) is 0. The molecule has 0 saturated carbocycles. The predicted molar refractivity (Wildman–Crippen MR) is 62.5 cm³/mol. The number of para-hydroxylation sites is 2. The Morgan fingerprint density at radius 2 is 2.06 bits per heavy atom. The second-order valence-corrected chi connectivity index (χ2v) is 4.35. The minimum Gasteiger partial charge on any atom is -0.404 e. The lowest BCUT2D eigenvalue weighted by atomic mass is 10.1. The monoisotopic (exact) mass is 260 g/mol. The van der Waals surface area contributed by atoms with Gasteiger partial charge in [0.15, 0.2) is 5.75 Å². The third-order valence-corrected chi connectivity index (χ3v) is 3.05. The Kier molecular flexibility index (Phi) is 3.65. The molecule has 100 valence electrons. The summed E-state index contributed by atoms with van der Waals surface area (Å²) in [5, 5.41) is 0. The first-order valence-electron chi connectivity index (χ1n) is 5.79. The largest absolute Gasteiger partial charge is 0.573 e. The van der Waals surface area contributed by atoms with E-state index in [1.54, 1.807) is 12.1 Å². The highest BCUT2D eigenvalue weighted by Gasteiger charge is 2.33. The molecule has 1 aliphatic heterocycles. The molecule has 0 radical (unpaired) electrons. The Morgan fingerprint density at radius 3 is 2.67 bits per heavy atom. The van der Waals surface area contributed by atoms with Crippen LogP contribution < -0.4 is 15.4 Å². The van der Waals surface area contributed by atoms with Crippen molar-refractivity contribution in [2.75, 3.05) is 24.5 Å². The first kappa shape index (κ1) is 13.0. The second kappa shape index (κ2) is 5.06. The lowest BCUT2D eigenvalue weighted by molar-refractivity contribution is -0.274. The molecular weight excluding hydrogens is 245 g/mol. The van der Waals surface area contributed by atoms with Crippen molar-refractivity contribution >= 4 is 5.69 Å². The van der Waals surface area contributed by atoms with Gasteiger partial charge in [0.1, 0.15) is 0 Å². The summed E-state index contributed by atoms with van der Waals surface area (Å²) < 4.78 is 40.9. The van der Waals surface area contributed by atoms with Gasteiger partial charge in [0.05, 0.1) is 5.69 Å². The number of nitrogens with two attached hydrogens (primary N) is 1. The third kappa shape index (κ3) is 3.07. The van der Waals surface area contributed by atoms with Crippen LogP contribution in [0.5, 0.6) is 5.75 Å². The maximum atomic E-state index is 12.3. The molecule has 0 aromatic heterocycles. The third-order valence-electron chi connectivity index (χ3n) is 3.05. The fraction of sp³-hybridized carbons (Fsp3) is 0.500. The highest BCUT2D eigenvalue weighted by atomic mass is 19.4. The van der Waals surface area contributed by atoms with Crippen LogP contribution in [0.2, 0.25) is 0 Å². The number of anilines is 1. The van der Waals surface area contributed by atoms with Gasteiger partial charge in [-0.3, -0.25) is 0 Å². The van der Waals surface area contributed by atoms with E-state index in [4.69, 9.17) is 5.73 Å². The molecule has 2 rings (SSSR count). The molecule has 1 atom stereocenters. The topological polar surface area (TPSA) is 38.5 Å². The Morgan fingerprint density at radius 1 is 1.33 bits per heavy atom. The number of nitrogens with zero attached hydrogens (tertiary/aromatic N) is 1. The summed E-state index contributed by atoms with van der Waals surface area (Å²) >= 11 is 0. The van der Waals surface area contributed by atoms with Gasteiger partial charge < -0.3 is 15.4 Å². The van der Waals surface area contributed by atoms with Crippen LogP contribution in [-0.4, -0.2) is 26.0 Å². The molecule has 1 saturated heterocycles. The van der Waals surface area contributed by atoms with Gasteiger partial charge >= 0.3 is 6.36 Å². The molecule has 1 unspecified atom stereocenters. The lowest BCUT2D eigenvalue weighted by Crippen LogP contribution is -2.25. The minimum atomic E-state index is -4.66. The van der Waals surface area contributed by atoms with Crippen molar-refractivity contribution in [2.45, 2.75) is 12.8 Å². The number of halogens is 3. The van der Waals surface area contributed by atoms with Crippen LogP contribution in [0.25, 0.3) is 0 Å². The molecule has 0 spiro atoms. The Balaban J connectivity index is 2.18. The van der Waals surface area contributed by atoms with Crippen LogP contribution in [0.3, 0.4) is 0 Å². The van der Waals surface area contributed by atoms with Gasteiger partial charge in [-0.1, -0.05) is 12.1 Å². The Labute approximate surface area is 103 Å². The van der Waals surface area contributed by atoms with E-state index >= 15 is 0 Å². The van der Waals surface area contributed by atoms with Crippen LogP contribution >= 0.6 is 0 Å². The fourth-order valence-electron chi connectivity index (χ4n) is 2.17. The zero-order chi connectivity index (χ0) is 13.2. The number of hydrogen-bond acceptors (Lipinski definition) is 3. The number of benzene rings is 1. The van der Waals surface area contributed by atoms with E-state index in [1.165, 1.54) is 12.1 Å². The Bertz CT molecular complexity index is 409. The van der Waals surface area contributed by atoms with E-state index in [0.29, 0.717) is 31.2 Å². The number of ether oxygens (including phenoxy) is 1. The molecule has 1 aliphatic rings. The normalized spacial score (nSPS) is 20.2. The van der Waals surface area contributed by atoms with E-state index in [1.807, 2.05) is 4.90 Å². The average molecular weight is 260 g/mol. The molecule has 0 bridgehead atoms. The molecule has 2 N–H and O–H groups in total. The molecule has 3 nitrogen and oxygen atoms in total. The maximum absolute atomic E-state index is 12.3. The molecule has 1 aromatic carbocycles. The average Bonchev–Trinajstić information content (AvgIpc) is 2.76. The zero-order valence-electron chi connectivity index (χ0n) is 9.78. The van der Waals surface area contributed by atoms with Gasteiger partial charge in [0.2, 0.25) is 0 Å². The maximum Gasteiger partial charge on any atom is 0.573 e. The van der Waals surface area contributed by atoms with E-state index in [2.05, 4.69) is 4.74 Å². The van der Waals surface area contributed by atoms with Crippen LogP contribution in [0.1, 0.15) is 6.42 Å². The Hall–Kier alpha value is -1.43. The van der Waals surface area contributed by atoms with Gasteiger partial charge in [-0.2, -0.15) is 0 Å². The molecule has 0 amide bonds. The summed E-state index contributed by atoms with van der Waals surface area (Å²) in [4.78, 5) is 1.89. The summed E-state index contributed by atoms with van der Waals surface area (Å²) in [6.45, 7) is 1.94. The van der Waals surface area contributed by atoms with E-state index in [0.717, 1.165) is 6.42 Å². The van der Waals surface area contributed by atoms with Crippen molar-refractivity contribution in [3.63, 3.8) is 0 Å². The van der Waals surface area contributed by atoms with Crippen molar-refractivity contribution in [2.24, 2.45) is 11.7 Å². The van der Waals surface area contributed by atoms with Crippen LogP contribution in [0.15, 0.2) is 24.3 Å². The van der Waals surface area contributed by atoms with Gasteiger partial charge in [-0.05, 0) is 31.0 Å². The summed E-state index contributed by atoms with van der Waals surface area (Å²) in [6.07, 6.45) is -3.76. The molecule has 1 heterocycles. The van der Waals surface area contributed by atoms with E-state index < -0.39 is 6.36 Å². The lowest BCUT2D eigenvalue weighted by Gasteiger charge is -2.22. The first-order valence-corrected chi connectivity index (χ1v) is 5.79. The van der Waals surface area contributed by atoms with Gasteiger partial charge in [-0.15, -0.1) is 13.2 Å². The zero-order valence-corrected chi connectivity index (χ0v) is 9.78. The van der Waals surface area contributed by atoms with Gasteiger partial charge in [-0.25, -0.2) is 0 Å². The summed E-state index contributed by atoms with van der Waals surface area (Å²) in [5.41, 5.74) is 6.05. The molecular formula is C12H15F3N2O. The van der Waals surface area contributed by atoms with Crippen molar-refractivity contribution in [3.05, 3.63) is 24.3 Å². The quantitative estimate of drug-likeness (QED) is 0.906. The first-order chi connectivity index (χ1) is 8.49. The van der Waals surface area contributed by atoms with Gasteiger partial charge in [0.25, 0.3) is 0 Å². The number of hydrogen-bond donors (Lipinski definition) is 1. The van der Waals surface area contributed by atoms with Crippen molar-refractivity contribution in [1.82, 2.24) is 0 Å². The van der Waals surface area contributed by atoms with Gasteiger partial charge in [0, 0.05) is 13.1 Å². The molecule has 6 heteroatoms. The molecule has 1 aromatic rings. The smallest absolute Gasteiger partial charge is 0.404 e. The molecule has 1 fully saturated rings. The minimum absolute atomic E-state index is 0.150. The fourth-order valence-corrected chi connectivity index (χ4v) is 2.17. The SMILES string of the molecule is NCC1CCN(c2ccccc2OC(F)(F)F)C1. The summed E-state index contributed by atoms with van der Waals surface area (Å²) in [5.74, 6) is 0.187. The number of alkyl halides is 3. The molecule has 0 aliphatic carbocycles. The standard InChI is InChI=1S/C12H15F3N2O/c13-12(14,15)18-11-4-2-1-3-10(11)17-6-5-9(7-16)8-17/h1-4,9H,5-8,16H2. The van der Waals surface area contributed by atoms with E-state index in [-0.39, 0.29) is 5.75 Å². The van der Waals surface area contributed by atoms with E-state index in [9.17, 15) is 13.2 Å². The van der Waals surface area contributed by atoms with Crippen LogP contribution in [0, 0.1) is 5.92 Å². The molecule has 18 heavy (non-hydrogen) atoms. The van der Waals surface area contributed by atoms with Crippen molar-refractivity contribution in [3.8, 4) is 5.75 Å². The second-order valence-electron chi connectivity index (χ2n) is 4.35.